The molecule has 1 saturated heterocycles. The first-order chi connectivity index (χ1) is 16.5. The van der Waals surface area contributed by atoms with Crippen LogP contribution in [0.5, 0.6) is 0 Å². The standard InChI is InChI=1S/C26H29N5O2S/c1-29-25-10-6-5-9-24(25)27-26(29)19-30-15-17-31(18-16-30)23-13-11-22(12-14-23)28-34(32,33)20-21-7-3-2-4-8-21/h2-14,28H,15-20H2,1H3. The molecule has 1 N–H and O–H groups in total. The van der Waals surface area contributed by atoms with E-state index in [4.69, 9.17) is 4.98 Å². The molecule has 0 amide bonds. The second-order valence-electron chi connectivity index (χ2n) is 8.73. The number of nitrogens with one attached hydrogen (secondary N) is 1. The summed E-state index contributed by atoms with van der Waals surface area (Å²) in [4.78, 5) is 9.58. The number of sulfonamides is 1. The van der Waals surface area contributed by atoms with Crippen LogP contribution in [0.25, 0.3) is 11.0 Å². The Bertz CT molecular complexity index is 1360. The van der Waals surface area contributed by atoms with E-state index in [1.165, 1.54) is 0 Å². The van der Waals surface area contributed by atoms with E-state index in [9.17, 15) is 8.42 Å². The van der Waals surface area contributed by atoms with Crippen molar-refractivity contribution in [1.82, 2.24) is 14.5 Å². The van der Waals surface area contributed by atoms with Crippen LogP contribution in [0.3, 0.4) is 0 Å². The minimum Gasteiger partial charge on any atom is -0.369 e. The van der Waals surface area contributed by atoms with Crippen LogP contribution in [0.1, 0.15) is 11.4 Å². The number of aromatic nitrogens is 2. The number of imidazole rings is 1. The van der Waals surface area contributed by atoms with Gasteiger partial charge in [-0.15, -0.1) is 0 Å². The summed E-state index contributed by atoms with van der Waals surface area (Å²) >= 11 is 0. The lowest BCUT2D eigenvalue weighted by atomic mass is 10.2. The van der Waals surface area contributed by atoms with Gasteiger partial charge in [-0.05, 0) is 42.0 Å². The number of aryl methyl sites for hydroxylation is 1. The Morgan fingerprint density at radius 3 is 2.24 bits per heavy atom. The molecule has 0 unspecified atom stereocenters. The van der Waals surface area contributed by atoms with Gasteiger partial charge < -0.3 is 9.47 Å². The van der Waals surface area contributed by atoms with Crippen LogP contribution in [0.4, 0.5) is 11.4 Å². The lowest BCUT2D eigenvalue weighted by Gasteiger charge is -2.36. The molecule has 1 aromatic heterocycles. The summed E-state index contributed by atoms with van der Waals surface area (Å²) in [6.07, 6.45) is 0. The van der Waals surface area contributed by atoms with Crippen LogP contribution in [-0.4, -0.2) is 49.0 Å². The number of hydrogen-bond donors (Lipinski definition) is 1. The van der Waals surface area contributed by atoms with Gasteiger partial charge in [-0.25, -0.2) is 13.4 Å². The third kappa shape index (κ3) is 5.08. The van der Waals surface area contributed by atoms with Crippen LogP contribution < -0.4 is 9.62 Å². The lowest BCUT2D eigenvalue weighted by Crippen LogP contribution is -2.46. The second-order valence-corrected chi connectivity index (χ2v) is 10.5. The highest BCUT2D eigenvalue weighted by Crippen LogP contribution is 2.22. The first-order valence-electron chi connectivity index (χ1n) is 11.5. The number of hydrogen-bond acceptors (Lipinski definition) is 5. The molecule has 0 aliphatic carbocycles. The van der Waals surface area contributed by atoms with Gasteiger partial charge in [0.25, 0.3) is 0 Å². The predicted octanol–water partition coefficient (Wildman–Crippen LogP) is 3.84. The molecular formula is C26H29N5O2S. The summed E-state index contributed by atoms with van der Waals surface area (Å²) in [5.74, 6) is 1.05. The number of anilines is 2. The first-order valence-corrected chi connectivity index (χ1v) is 13.1. The van der Waals surface area contributed by atoms with Gasteiger partial charge in [-0.3, -0.25) is 9.62 Å². The van der Waals surface area contributed by atoms with Crippen LogP contribution in [-0.2, 0) is 29.4 Å². The van der Waals surface area contributed by atoms with E-state index in [0.29, 0.717) is 5.69 Å². The van der Waals surface area contributed by atoms with Crippen LogP contribution in [0.2, 0.25) is 0 Å². The maximum Gasteiger partial charge on any atom is 0.236 e. The van der Waals surface area contributed by atoms with Gasteiger partial charge in [0.15, 0.2) is 0 Å². The molecule has 0 spiro atoms. The van der Waals surface area contributed by atoms with Crippen LogP contribution >= 0.6 is 0 Å². The molecule has 8 heteroatoms. The lowest BCUT2D eigenvalue weighted by molar-refractivity contribution is 0.242. The summed E-state index contributed by atoms with van der Waals surface area (Å²) in [5.41, 5.74) is 4.66. The first kappa shape index (κ1) is 22.4. The SMILES string of the molecule is Cn1c(CN2CCN(c3ccc(NS(=O)(=O)Cc4ccccc4)cc3)CC2)nc2ccccc21. The Labute approximate surface area is 200 Å². The summed E-state index contributed by atoms with van der Waals surface area (Å²) in [6, 6.07) is 25.1. The number of fused-ring (bicyclic) bond motifs is 1. The molecule has 1 fully saturated rings. The molecule has 5 rings (SSSR count). The largest absolute Gasteiger partial charge is 0.369 e. The smallest absolute Gasteiger partial charge is 0.236 e. The van der Waals surface area contributed by atoms with E-state index in [-0.39, 0.29) is 5.75 Å². The Balaban J connectivity index is 1.16. The quantitative estimate of drug-likeness (QED) is 0.440. The van der Waals surface area contributed by atoms with Crippen molar-refractivity contribution >= 4 is 32.4 Å². The van der Waals surface area contributed by atoms with Crippen molar-refractivity contribution in [2.24, 2.45) is 7.05 Å². The number of piperazine rings is 1. The van der Waals surface area contributed by atoms with Crippen molar-refractivity contribution in [3.63, 3.8) is 0 Å². The van der Waals surface area contributed by atoms with Crippen molar-refractivity contribution in [2.75, 3.05) is 35.8 Å². The Hall–Kier alpha value is -3.36. The number of rotatable bonds is 7. The normalized spacial score (nSPS) is 15.0. The number of para-hydroxylation sites is 2. The molecule has 1 aliphatic heterocycles. The molecule has 0 atom stereocenters. The molecule has 3 aromatic carbocycles. The van der Waals surface area contributed by atoms with Gasteiger partial charge in [-0.1, -0.05) is 42.5 Å². The molecule has 0 bridgehead atoms. The molecule has 0 saturated carbocycles. The molecule has 7 nitrogen and oxygen atoms in total. The van der Waals surface area contributed by atoms with Crippen LogP contribution in [0.15, 0.2) is 78.9 Å². The predicted molar refractivity (Wildman–Crippen MR) is 137 cm³/mol. The van der Waals surface area contributed by atoms with E-state index in [1.54, 1.807) is 0 Å². The van der Waals surface area contributed by atoms with Crippen LogP contribution in [0, 0.1) is 0 Å². The third-order valence-electron chi connectivity index (χ3n) is 6.32. The highest BCUT2D eigenvalue weighted by molar-refractivity contribution is 7.91. The minimum absolute atomic E-state index is 0.0386. The van der Waals surface area contributed by atoms with E-state index in [1.807, 2.05) is 66.7 Å². The van der Waals surface area contributed by atoms with E-state index in [0.717, 1.165) is 60.8 Å². The average molecular weight is 476 g/mol. The maximum absolute atomic E-state index is 12.5. The van der Waals surface area contributed by atoms with Gasteiger partial charge in [-0.2, -0.15) is 0 Å². The zero-order valence-electron chi connectivity index (χ0n) is 19.3. The van der Waals surface area contributed by atoms with Gasteiger partial charge in [0.2, 0.25) is 10.0 Å². The molecular weight excluding hydrogens is 446 g/mol. The van der Waals surface area contributed by atoms with Crippen molar-refractivity contribution in [3.8, 4) is 0 Å². The van der Waals surface area contributed by atoms with Gasteiger partial charge in [0, 0.05) is 44.6 Å². The third-order valence-corrected chi connectivity index (χ3v) is 7.58. The summed E-state index contributed by atoms with van der Waals surface area (Å²) in [6.45, 7) is 4.58. The highest BCUT2D eigenvalue weighted by atomic mass is 32.2. The van der Waals surface area contributed by atoms with Crippen molar-refractivity contribution in [2.45, 2.75) is 12.3 Å². The maximum atomic E-state index is 12.5. The Morgan fingerprint density at radius 2 is 1.53 bits per heavy atom. The minimum atomic E-state index is -3.45. The van der Waals surface area contributed by atoms with Crippen molar-refractivity contribution < 1.29 is 8.42 Å². The Morgan fingerprint density at radius 1 is 0.853 bits per heavy atom. The summed E-state index contributed by atoms with van der Waals surface area (Å²) in [7, 11) is -1.37. The average Bonchev–Trinajstić information content (AvgIpc) is 3.15. The van der Waals surface area contributed by atoms with E-state index < -0.39 is 10.0 Å². The highest BCUT2D eigenvalue weighted by Gasteiger charge is 2.20. The van der Waals surface area contributed by atoms with Crippen molar-refractivity contribution in [3.05, 3.63) is 90.3 Å². The molecule has 176 valence electrons. The van der Waals surface area contributed by atoms with E-state index >= 15 is 0 Å². The Kier molecular flexibility index (Phi) is 6.26. The summed E-state index contributed by atoms with van der Waals surface area (Å²) < 4.78 is 29.8. The zero-order chi connectivity index (χ0) is 23.5. The van der Waals surface area contributed by atoms with Gasteiger partial charge in [0.05, 0.1) is 23.3 Å². The fourth-order valence-corrected chi connectivity index (χ4v) is 5.65. The van der Waals surface area contributed by atoms with Crippen molar-refractivity contribution in [1.29, 1.82) is 0 Å². The molecule has 2 heterocycles. The molecule has 4 aromatic rings. The fourth-order valence-electron chi connectivity index (χ4n) is 4.45. The zero-order valence-corrected chi connectivity index (χ0v) is 20.1. The topological polar surface area (TPSA) is 70.5 Å². The fraction of sp³-hybridized carbons (Fsp3) is 0.269. The second kappa shape index (κ2) is 9.48. The van der Waals surface area contributed by atoms with Gasteiger partial charge >= 0.3 is 0 Å². The van der Waals surface area contributed by atoms with Gasteiger partial charge in [0.1, 0.15) is 5.82 Å². The number of benzene rings is 3. The summed E-state index contributed by atoms with van der Waals surface area (Å²) in [5, 5.41) is 0. The molecule has 0 radical (unpaired) electrons. The number of nitrogens with zero attached hydrogens (tertiary/aromatic N) is 4. The molecule has 1 aliphatic rings. The van der Waals surface area contributed by atoms with E-state index in [2.05, 4.69) is 38.3 Å². The molecule has 34 heavy (non-hydrogen) atoms. The monoisotopic (exact) mass is 475 g/mol.